The number of alkyl halides is 3. The fourth-order valence-electron chi connectivity index (χ4n) is 3.20. The summed E-state index contributed by atoms with van der Waals surface area (Å²) in [5.41, 5.74) is 0.256. The van der Waals surface area contributed by atoms with Crippen LogP contribution in [0.4, 0.5) is 19.1 Å². The number of anilines is 1. The van der Waals surface area contributed by atoms with Crippen LogP contribution in [-0.2, 0) is 17.5 Å². The lowest BCUT2D eigenvalue weighted by atomic mass is 10.2. The predicted molar refractivity (Wildman–Crippen MR) is 111 cm³/mol. The summed E-state index contributed by atoms with van der Waals surface area (Å²) in [6.45, 7) is 1.88. The quantitative estimate of drug-likeness (QED) is 0.497. The number of benzene rings is 1. The molecule has 1 saturated carbocycles. The number of carbonyl (C=O) groups excluding carboxylic acids is 1. The highest BCUT2D eigenvalue weighted by Crippen LogP contribution is 2.47. The third-order valence-corrected chi connectivity index (χ3v) is 5.89. The molecule has 1 aliphatic rings. The summed E-state index contributed by atoms with van der Waals surface area (Å²) in [7, 11) is 0. The zero-order valence-electron chi connectivity index (χ0n) is 16.2. The molecule has 164 valence electrons. The molecule has 0 bridgehead atoms. The number of hydrogen-bond acceptors (Lipinski definition) is 4. The van der Waals surface area contributed by atoms with Crippen molar-refractivity contribution in [2.24, 2.45) is 0 Å². The van der Waals surface area contributed by atoms with Crippen molar-refractivity contribution >= 4 is 39.4 Å². The van der Waals surface area contributed by atoms with E-state index >= 15 is 0 Å². The lowest BCUT2D eigenvalue weighted by Gasteiger charge is -2.14. The van der Waals surface area contributed by atoms with Crippen LogP contribution in [0.15, 0.2) is 35.1 Å². The molecule has 1 N–H and O–H groups in total. The SMILES string of the molecule is CC(C(=O)Nc1ncn(Cc2cccc(Cl)c2)n1)n1nc(C(F)(F)F)c(Br)c1C1CC1. The first-order valence-corrected chi connectivity index (χ1v) is 10.6. The molecular weight excluding hydrogens is 501 g/mol. The molecule has 0 spiro atoms. The third-order valence-electron chi connectivity index (χ3n) is 4.87. The van der Waals surface area contributed by atoms with Gasteiger partial charge in [-0.3, -0.25) is 14.8 Å². The van der Waals surface area contributed by atoms with Crippen molar-refractivity contribution in [1.29, 1.82) is 0 Å². The van der Waals surface area contributed by atoms with E-state index in [9.17, 15) is 18.0 Å². The summed E-state index contributed by atoms with van der Waals surface area (Å²) >= 11 is 9.00. The monoisotopic (exact) mass is 516 g/mol. The Morgan fingerprint density at radius 2 is 2.10 bits per heavy atom. The van der Waals surface area contributed by atoms with Gasteiger partial charge in [-0.1, -0.05) is 23.7 Å². The van der Waals surface area contributed by atoms with E-state index in [0.29, 0.717) is 17.3 Å². The van der Waals surface area contributed by atoms with Crippen molar-refractivity contribution in [3.8, 4) is 0 Å². The highest BCUT2D eigenvalue weighted by Gasteiger charge is 2.43. The second-order valence-corrected chi connectivity index (χ2v) is 8.55. The predicted octanol–water partition coefficient (Wildman–Crippen LogP) is 5.03. The molecule has 2 aromatic heterocycles. The summed E-state index contributed by atoms with van der Waals surface area (Å²) in [4.78, 5) is 16.8. The number of halogens is 5. The van der Waals surface area contributed by atoms with Crippen LogP contribution in [0.25, 0.3) is 0 Å². The molecule has 1 aromatic carbocycles. The normalized spacial score (nSPS) is 15.2. The minimum atomic E-state index is -4.62. The van der Waals surface area contributed by atoms with E-state index in [4.69, 9.17) is 11.6 Å². The van der Waals surface area contributed by atoms with Crippen molar-refractivity contribution < 1.29 is 18.0 Å². The molecule has 2 heterocycles. The van der Waals surface area contributed by atoms with Crippen molar-refractivity contribution in [3.05, 3.63) is 57.0 Å². The molecule has 1 amide bonds. The second kappa shape index (κ2) is 8.27. The number of amides is 1. The fourth-order valence-corrected chi connectivity index (χ4v) is 4.23. The summed E-state index contributed by atoms with van der Waals surface area (Å²) in [6.07, 6.45) is -1.66. The second-order valence-electron chi connectivity index (χ2n) is 7.33. The first-order valence-electron chi connectivity index (χ1n) is 9.43. The maximum absolute atomic E-state index is 13.3. The van der Waals surface area contributed by atoms with Crippen molar-refractivity contribution in [3.63, 3.8) is 0 Å². The smallest absolute Gasteiger partial charge is 0.291 e. The van der Waals surface area contributed by atoms with Gasteiger partial charge in [0.2, 0.25) is 5.95 Å². The molecule has 31 heavy (non-hydrogen) atoms. The van der Waals surface area contributed by atoms with Crippen LogP contribution in [-0.4, -0.2) is 30.5 Å². The van der Waals surface area contributed by atoms with E-state index in [-0.39, 0.29) is 16.3 Å². The molecule has 12 heteroatoms. The van der Waals surface area contributed by atoms with E-state index in [0.717, 1.165) is 23.1 Å². The van der Waals surface area contributed by atoms with Crippen LogP contribution < -0.4 is 5.32 Å². The maximum Gasteiger partial charge on any atom is 0.436 e. The van der Waals surface area contributed by atoms with Crippen LogP contribution >= 0.6 is 27.5 Å². The van der Waals surface area contributed by atoms with E-state index in [1.165, 1.54) is 17.9 Å². The van der Waals surface area contributed by atoms with Crippen LogP contribution in [0, 0.1) is 0 Å². The zero-order chi connectivity index (χ0) is 22.3. The van der Waals surface area contributed by atoms with Gasteiger partial charge in [-0.15, -0.1) is 5.10 Å². The lowest BCUT2D eigenvalue weighted by molar-refractivity contribution is -0.142. The van der Waals surface area contributed by atoms with Gasteiger partial charge in [-0.25, -0.2) is 9.67 Å². The number of nitrogens with zero attached hydrogens (tertiary/aromatic N) is 5. The standard InChI is InChI=1S/C19H17BrClF3N6O/c1-10(30-15(12-5-6-12)14(20)16(27-30)19(22,23)24)17(31)26-18-25-9-29(28-18)8-11-3-2-4-13(21)7-11/h2-4,7,9-10,12H,5-6,8H2,1H3,(H,26,28,31). The first kappa shape index (κ1) is 21.8. The number of nitrogens with one attached hydrogen (secondary N) is 1. The van der Waals surface area contributed by atoms with E-state index in [2.05, 4.69) is 36.4 Å². The summed E-state index contributed by atoms with van der Waals surface area (Å²) in [5, 5.41) is 11.0. The Labute approximate surface area is 188 Å². The molecule has 0 aliphatic heterocycles. The van der Waals surface area contributed by atoms with Crippen molar-refractivity contribution in [2.75, 3.05) is 5.32 Å². The first-order chi connectivity index (χ1) is 14.6. The lowest BCUT2D eigenvalue weighted by Crippen LogP contribution is -2.26. The number of rotatable bonds is 6. The molecule has 1 unspecified atom stereocenters. The molecule has 7 nitrogen and oxygen atoms in total. The Hall–Kier alpha value is -2.40. The Bertz CT molecular complexity index is 1120. The average molecular weight is 518 g/mol. The van der Waals surface area contributed by atoms with E-state index < -0.39 is 23.8 Å². The Balaban J connectivity index is 1.50. The van der Waals surface area contributed by atoms with E-state index in [1.54, 1.807) is 12.1 Å². The van der Waals surface area contributed by atoms with Gasteiger partial charge in [0.05, 0.1) is 16.7 Å². The number of aromatic nitrogens is 5. The molecule has 1 atom stereocenters. The molecule has 3 aromatic rings. The zero-order valence-corrected chi connectivity index (χ0v) is 18.5. The minimum absolute atomic E-state index is 0.0501. The van der Waals surface area contributed by atoms with Crippen LogP contribution in [0.1, 0.15) is 48.7 Å². The fraction of sp³-hybridized carbons (Fsp3) is 0.368. The summed E-state index contributed by atoms with van der Waals surface area (Å²) in [6, 6.07) is 6.25. The van der Waals surface area contributed by atoms with Crippen LogP contribution in [0.2, 0.25) is 5.02 Å². The van der Waals surface area contributed by atoms with Gasteiger partial charge in [0.15, 0.2) is 5.69 Å². The van der Waals surface area contributed by atoms with Crippen LogP contribution in [0.5, 0.6) is 0 Å². The van der Waals surface area contributed by atoms with Gasteiger partial charge in [0.25, 0.3) is 5.91 Å². The summed E-state index contributed by atoms with van der Waals surface area (Å²) < 4.78 is 42.5. The van der Waals surface area contributed by atoms with Gasteiger partial charge in [-0.05, 0) is 53.4 Å². The van der Waals surface area contributed by atoms with Gasteiger partial charge < -0.3 is 0 Å². The third kappa shape index (κ3) is 4.77. The Kier molecular flexibility index (Phi) is 5.82. The Morgan fingerprint density at radius 3 is 2.74 bits per heavy atom. The molecule has 1 fully saturated rings. The summed E-state index contributed by atoms with van der Waals surface area (Å²) in [5.74, 6) is -0.566. The molecule has 4 rings (SSSR count). The highest BCUT2D eigenvalue weighted by molar-refractivity contribution is 9.10. The van der Waals surface area contributed by atoms with Gasteiger partial charge >= 0.3 is 6.18 Å². The van der Waals surface area contributed by atoms with Crippen LogP contribution in [0.3, 0.4) is 0 Å². The number of hydrogen-bond donors (Lipinski definition) is 1. The van der Waals surface area contributed by atoms with Gasteiger partial charge in [0, 0.05) is 10.9 Å². The van der Waals surface area contributed by atoms with Gasteiger partial charge in [0.1, 0.15) is 12.4 Å². The molecule has 0 radical (unpaired) electrons. The van der Waals surface area contributed by atoms with E-state index in [1.807, 2.05) is 12.1 Å². The maximum atomic E-state index is 13.3. The molecule has 0 saturated heterocycles. The molecule has 1 aliphatic carbocycles. The highest BCUT2D eigenvalue weighted by atomic mass is 79.9. The largest absolute Gasteiger partial charge is 0.436 e. The van der Waals surface area contributed by atoms with Crippen molar-refractivity contribution in [1.82, 2.24) is 24.5 Å². The van der Waals surface area contributed by atoms with Crippen molar-refractivity contribution in [2.45, 2.75) is 44.4 Å². The minimum Gasteiger partial charge on any atom is -0.291 e. The average Bonchev–Trinajstić information content (AvgIpc) is 3.33. The Morgan fingerprint density at radius 1 is 1.35 bits per heavy atom. The molecular formula is C19H17BrClF3N6O. The number of carbonyl (C=O) groups is 1. The van der Waals surface area contributed by atoms with Gasteiger partial charge in [-0.2, -0.15) is 18.3 Å². The topological polar surface area (TPSA) is 77.6 Å².